The summed E-state index contributed by atoms with van der Waals surface area (Å²) in [6, 6.07) is 7.58. The highest BCUT2D eigenvalue weighted by atomic mass is 32.2. The molecule has 0 atom stereocenters. The van der Waals surface area contributed by atoms with Crippen LogP contribution < -0.4 is 16.1 Å². The fraction of sp³-hybridized carbons (Fsp3) is 0.267. The molecule has 2 aromatic rings. The summed E-state index contributed by atoms with van der Waals surface area (Å²) in [7, 11) is -3.74. The summed E-state index contributed by atoms with van der Waals surface area (Å²) in [5, 5.41) is 7.69. The molecule has 0 spiro atoms. The first-order valence-electron chi connectivity index (χ1n) is 7.10. The van der Waals surface area contributed by atoms with Crippen LogP contribution in [0.1, 0.15) is 17.0 Å². The highest BCUT2D eigenvalue weighted by Crippen LogP contribution is 2.08. The van der Waals surface area contributed by atoms with Crippen molar-refractivity contribution in [1.82, 2.24) is 14.9 Å². The summed E-state index contributed by atoms with van der Waals surface area (Å²) < 4.78 is 23.6. The zero-order chi connectivity index (χ0) is 17.9. The predicted octanol–water partition coefficient (Wildman–Crippen LogP) is -0.176. The molecule has 1 aromatic heterocycles. The first kappa shape index (κ1) is 17.8. The van der Waals surface area contributed by atoms with Crippen molar-refractivity contribution in [2.75, 3.05) is 0 Å². The van der Waals surface area contributed by atoms with Gasteiger partial charge in [0.1, 0.15) is 6.54 Å². The van der Waals surface area contributed by atoms with Crippen molar-refractivity contribution in [2.24, 2.45) is 5.14 Å². The Bertz CT molecular complexity index is 917. The van der Waals surface area contributed by atoms with Gasteiger partial charge in [-0.25, -0.2) is 18.4 Å². The van der Waals surface area contributed by atoms with Gasteiger partial charge in [-0.15, -0.1) is 0 Å². The molecule has 2 rings (SSSR count). The van der Waals surface area contributed by atoms with Gasteiger partial charge >= 0.3 is 5.69 Å². The van der Waals surface area contributed by atoms with Crippen LogP contribution in [0.4, 0.5) is 0 Å². The molecular formula is C15H18N4O4S. The van der Waals surface area contributed by atoms with E-state index < -0.39 is 15.7 Å². The Labute approximate surface area is 139 Å². The number of nitrogens with one attached hydrogen (secondary N) is 1. The monoisotopic (exact) mass is 350 g/mol. The average Bonchev–Trinajstić information content (AvgIpc) is 2.48. The number of nitrogens with two attached hydrogens (primary N) is 1. The van der Waals surface area contributed by atoms with Gasteiger partial charge in [0.2, 0.25) is 15.9 Å². The van der Waals surface area contributed by atoms with Crippen LogP contribution in [-0.4, -0.2) is 23.9 Å². The molecule has 1 aromatic carbocycles. The molecule has 1 amide bonds. The molecule has 0 aliphatic carbocycles. The number of aryl methyl sites for hydroxylation is 2. The van der Waals surface area contributed by atoms with Gasteiger partial charge in [0.05, 0.1) is 4.90 Å². The van der Waals surface area contributed by atoms with E-state index in [1.807, 2.05) is 0 Å². The Morgan fingerprint density at radius 1 is 1.25 bits per heavy atom. The second-order valence-electron chi connectivity index (χ2n) is 5.37. The Morgan fingerprint density at radius 3 is 2.42 bits per heavy atom. The molecule has 0 fully saturated rings. The number of benzene rings is 1. The minimum atomic E-state index is -3.74. The predicted molar refractivity (Wildman–Crippen MR) is 87.6 cm³/mol. The van der Waals surface area contributed by atoms with Crippen LogP contribution in [0.15, 0.2) is 40.0 Å². The van der Waals surface area contributed by atoms with Crippen LogP contribution in [0, 0.1) is 13.8 Å². The number of hydrogen-bond acceptors (Lipinski definition) is 5. The second-order valence-corrected chi connectivity index (χ2v) is 6.93. The third-order valence-corrected chi connectivity index (χ3v) is 4.32. The molecule has 9 heteroatoms. The van der Waals surface area contributed by atoms with Crippen molar-refractivity contribution in [3.63, 3.8) is 0 Å². The van der Waals surface area contributed by atoms with E-state index >= 15 is 0 Å². The number of carbonyl (C=O) groups is 1. The molecule has 128 valence electrons. The maximum absolute atomic E-state index is 12.0. The van der Waals surface area contributed by atoms with Gasteiger partial charge in [-0.05, 0) is 37.6 Å². The lowest BCUT2D eigenvalue weighted by atomic mass is 10.2. The van der Waals surface area contributed by atoms with Gasteiger partial charge in [0.25, 0.3) is 0 Å². The summed E-state index contributed by atoms with van der Waals surface area (Å²) in [4.78, 5) is 27.6. The second kappa shape index (κ2) is 6.93. The third kappa shape index (κ3) is 4.49. The first-order chi connectivity index (χ1) is 11.2. The zero-order valence-corrected chi connectivity index (χ0v) is 14.1. The van der Waals surface area contributed by atoms with E-state index in [4.69, 9.17) is 5.14 Å². The third-order valence-electron chi connectivity index (χ3n) is 3.39. The number of nitrogens with zero attached hydrogens (tertiary/aromatic N) is 2. The highest BCUT2D eigenvalue weighted by molar-refractivity contribution is 7.89. The standard InChI is InChI=1S/C15H18N4O4S/c1-10-7-11(2)19(15(21)18-10)9-14(20)17-8-12-3-5-13(6-4-12)24(16,22)23/h3-7H,8-9H2,1-2H3,(H,17,20)(H2,16,22,23). The van der Waals surface area contributed by atoms with Crippen molar-refractivity contribution in [2.45, 2.75) is 31.8 Å². The number of hydrogen-bond donors (Lipinski definition) is 2. The summed E-state index contributed by atoms with van der Waals surface area (Å²) in [6.45, 7) is 3.52. The highest BCUT2D eigenvalue weighted by Gasteiger charge is 2.09. The largest absolute Gasteiger partial charge is 0.350 e. The Hall–Kier alpha value is -2.52. The smallest absolute Gasteiger partial charge is 0.348 e. The van der Waals surface area contributed by atoms with Gasteiger partial charge < -0.3 is 5.32 Å². The first-order valence-corrected chi connectivity index (χ1v) is 8.65. The van der Waals surface area contributed by atoms with Gasteiger partial charge in [0.15, 0.2) is 0 Å². The summed E-state index contributed by atoms with van der Waals surface area (Å²) in [5.74, 6) is -0.346. The zero-order valence-electron chi connectivity index (χ0n) is 13.3. The Balaban J connectivity index is 2.00. The molecule has 24 heavy (non-hydrogen) atoms. The van der Waals surface area contributed by atoms with Crippen LogP contribution in [-0.2, 0) is 27.9 Å². The van der Waals surface area contributed by atoms with Gasteiger partial charge in [0, 0.05) is 17.9 Å². The van der Waals surface area contributed by atoms with Crippen LogP contribution in [0.25, 0.3) is 0 Å². The normalized spacial score (nSPS) is 11.3. The van der Waals surface area contributed by atoms with Gasteiger partial charge in [-0.1, -0.05) is 12.1 Å². The van der Waals surface area contributed by atoms with E-state index in [2.05, 4.69) is 10.3 Å². The quantitative estimate of drug-likeness (QED) is 0.774. The maximum Gasteiger partial charge on any atom is 0.348 e. The fourth-order valence-electron chi connectivity index (χ4n) is 2.16. The minimum absolute atomic E-state index is 0.00508. The number of amides is 1. The number of primary sulfonamides is 1. The van der Waals surface area contributed by atoms with Crippen molar-refractivity contribution in [3.8, 4) is 0 Å². The average molecular weight is 350 g/mol. The van der Waals surface area contributed by atoms with E-state index in [1.54, 1.807) is 32.0 Å². The summed E-state index contributed by atoms with van der Waals surface area (Å²) in [6.07, 6.45) is 0. The number of aromatic nitrogens is 2. The molecule has 0 bridgehead atoms. The fourth-order valence-corrected chi connectivity index (χ4v) is 2.68. The molecule has 0 saturated carbocycles. The van der Waals surface area contributed by atoms with Crippen molar-refractivity contribution in [3.05, 3.63) is 57.8 Å². The van der Waals surface area contributed by atoms with Crippen LogP contribution in [0.2, 0.25) is 0 Å². The molecule has 8 nitrogen and oxygen atoms in total. The lowest BCUT2D eigenvalue weighted by Crippen LogP contribution is -2.34. The van der Waals surface area contributed by atoms with E-state index in [1.165, 1.54) is 16.7 Å². The minimum Gasteiger partial charge on any atom is -0.350 e. The molecule has 0 aliphatic rings. The Morgan fingerprint density at radius 2 is 1.88 bits per heavy atom. The Kier molecular flexibility index (Phi) is 5.15. The van der Waals surface area contributed by atoms with E-state index in [-0.39, 0.29) is 23.9 Å². The lowest BCUT2D eigenvalue weighted by molar-refractivity contribution is -0.121. The molecule has 0 saturated heterocycles. The number of sulfonamides is 1. The van der Waals surface area contributed by atoms with E-state index in [0.717, 1.165) is 0 Å². The van der Waals surface area contributed by atoms with E-state index in [9.17, 15) is 18.0 Å². The molecule has 3 N–H and O–H groups in total. The maximum atomic E-state index is 12.0. The van der Waals surface area contributed by atoms with Crippen LogP contribution >= 0.6 is 0 Å². The lowest BCUT2D eigenvalue weighted by Gasteiger charge is -2.10. The van der Waals surface area contributed by atoms with Crippen molar-refractivity contribution >= 4 is 15.9 Å². The number of rotatable bonds is 5. The van der Waals surface area contributed by atoms with E-state index in [0.29, 0.717) is 17.0 Å². The van der Waals surface area contributed by atoms with Gasteiger partial charge in [-0.2, -0.15) is 4.98 Å². The molecule has 0 aliphatic heterocycles. The van der Waals surface area contributed by atoms with Crippen molar-refractivity contribution < 1.29 is 13.2 Å². The molecule has 1 heterocycles. The number of carbonyl (C=O) groups excluding carboxylic acids is 1. The summed E-state index contributed by atoms with van der Waals surface area (Å²) in [5.41, 5.74) is 1.49. The molecule has 0 radical (unpaired) electrons. The SMILES string of the molecule is Cc1cc(C)n(CC(=O)NCc2ccc(S(N)(=O)=O)cc2)c(=O)n1. The van der Waals surface area contributed by atoms with Crippen LogP contribution in [0.5, 0.6) is 0 Å². The topological polar surface area (TPSA) is 124 Å². The van der Waals surface area contributed by atoms with Crippen LogP contribution in [0.3, 0.4) is 0 Å². The summed E-state index contributed by atoms with van der Waals surface area (Å²) >= 11 is 0. The molecular weight excluding hydrogens is 332 g/mol. The van der Waals surface area contributed by atoms with Gasteiger partial charge in [-0.3, -0.25) is 9.36 Å². The molecule has 0 unspecified atom stereocenters. The van der Waals surface area contributed by atoms with Crippen molar-refractivity contribution in [1.29, 1.82) is 0 Å².